The standard InChI is InChI=1S/C14H24N2O/c1-11(2)15-8-13-6-7-17-14(13)10-16(3)9-12-4-5-12/h6-7,11-12,15H,4-5,8-10H2,1-3H3. The molecule has 0 radical (unpaired) electrons. The molecule has 0 aromatic carbocycles. The molecule has 0 bridgehead atoms. The lowest BCUT2D eigenvalue weighted by molar-refractivity contribution is 0.282. The fraction of sp³-hybridized carbons (Fsp3) is 0.714. The summed E-state index contributed by atoms with van der Waals surface area (Å²) in [7, 11) is 2.18. The second-order valence-corrected chi connectivity index (χ2v) is 5.54. The second kappa shape index (κ2) is 5.69. The van der Waals surface area contributed by atoms with Gasteiger partial charge in [0, 0.05) is 24.7 Å². The number of furan rings is 1. The van der Waals surface area contributed by atoms with Crippen LogP contribution in [0, 0.1) is 5.92 Å². The third-order valence-electron chi connectivity index (χ3n) is 3.22. The first kappa shape index (κ1) is 12.7. The summed E-state index contributed by atoms with van der Waals surface area (Å²) in [5.41, 5.74) is 1.29. The Labute approximate surface area is 104 Å². The van der Waals surface area contributed by atoms with Crippen LogP contribution in [0.2, 0.25) is 0 Å². The van der Waals surface area contributed by atoms with Gasteiger partial charge in [-0.15, -0.1) is 0 Å². The van der Waals surface area contributed by atoms with Crippen LogP contribution in [0.5, 0.6) is 0 Å². The van der Waals surface area contributed by atoms with Gasteiger partial charge >= 0.3 is 0 Å². The fourth-order valence-corrected chi connectivity index (χ4v) is 2.03. The van der Waals surface area contributed by atoms with Gasteiger partial charge in [0.05, 0.1) is 12.8 Å². The SMILES string of the molecule is CC(C)NCc1ccoc1CN(C)CC1CC1. The van der Waals surface area contributed by atoms with E-state index in [1.807, 2.05) is 0 Å². The topological polar surface area (TPSA) is 28.4 Å². The van der Waals surface area contributed by atoms with E-state index in [0.717, 1.165) is 24.8 Å². The number of rotatable bonds is 7. The smallest absolute Gasteiger partial charge is 0.122 e. The van der Waals surface area contributed by atoms with E-state index in [-0.39, 0.29) is 0 Å². The Bertz CT molecular complexity index is 342. The van der Waals surface area contributed by atoms with Crippen molar-refractivity contribution in [3.63, 3.8) is 0 Å². The Morgan fingerprint density at radius 1 is 1.47 bits per heavy atom. The van der Waals surface area contributed by atoms with Crippen molar-refractivity contribution in [3.8, 4) is 0 Å². The molecule has 17 heavy (non-hydrogen) atoms. The van der Waals surface area contributed by atoms with Crippen LogP contribution in [-0.4, -0.2) is 24.5 Å². The van der Waals surface area contributed by atoms with Gasteiger partial charge in [-0.25, -0.2) is 0 Å². The van der Waals surface area contributed by atoms with E-state index >= 15 is 0 Å². The molecule has 1 aliphatic rings. The molecule has 0 amide bonds. The van der Waals surface area contributed by atoms with E-state index in [4.69, 9.17) is 4.42 Å². The van der Waals surface area contributed by atoms with E-state index in [2.05, 4.69) is 37.2 Å². The molecule has 96 valence electrons. The third-order valence-corrected chi connectivity index (χ3v) is 3.22. The van der Waals surface area contributed by atoms with Crippen molar-refractivity contribution in [2.75, 3.05) is 13.6 Å². The van der Waals surface area contributed by atoms with Crippen molar-refractivity contribution < 1.29 is 4.42 Å². The average Bonchev–Trinajstić information content (AvgIpc) is 2.94. The molecule has 0 spiro atoms. The van der Waals surface area contributed by atoms with Crippen LogP contribution < -0.4 is 5.32 Å². The maximum absolute atomic E-state index is 5.59. The highest BCUT2D eigenvalue weighted by Gasteiger charge is 2.23. The maximum atomic E-state index is 5.59. The molecule has 1 aliphatic carbocycles. The predicted molar refractivity (Wildman–Crippen MR) is 69.7 cm³/mol. The van der Waals surface area contributed by atoms with E-state index in [9.17, 15) is 0 Å². The number of nitrogens with zero attached hydrogens (tertiary/aromatic N) is 1. The minimum atomic E-state index is 0.516. The largest absolute Gasteiger partial charge is 0.468 e. The molecule has 3 nitrogen and oxygen atoms in total. The van der Waals surface area contributed by atoms with Gasteiger partial charge in [-0.3, -0.25) is 4.90 Å². The van der Waals surface area contributed by atoms with Crippen molar-refractivity contribution in [2.24, 2.45) is 5.92 Å². The van der Waals surface area contributed by atoms with Crippen molar-refractivity contribution in [1.29, 1.82) is 0 Å². The van der Waals surface area contributed by atoms with Gasteiger partial charge in [-0.2, -0.15) is 0 Å². The van der Waals surface area contributed by atoms with Crippen LogP contribution in [0.1, 0.15) is 38.0 Å². The van der Waals surface area contributed by atoms with Crippen LogP contribution in [0.15, 0.2) is 16.7 Å². The van der Waals surface area contributed by atoms with Gasteiger partial charge in [0.2, 0.25) is 0 Å². The van der Waals surface area contributed by atoms with Crippen LogP contribution in [-0.2, 0) is 13.1 Å². The first-order chi connectivity index (χ1) is 8.15. The summed E-state index contributed by atoms with van der Waals surface area (Å²) in [4.78, 5) is 2.37. The monoisotopic (exact) mass is 236 g/mol. The molecular weight excluding hydrogens is 212 g/mol. The van der Waals surface area contributed by atoms with Crippen LogP contribution in [0.25, 0.3) is 0 Å². The summed E-state index contributed by atoms with van der Waals surface area (Å²) in [6.45, 7) is 7.37. The minimum absolute atomic E-state index is 0.516. The van der Waals surface area contributed by atoms with Gasteiger partial charge < -0.3 is 9.73 Å². The van der Waals surface area contributed by atoms with Gasteiger partial charge in [-0.1, -0.05) is 13.8 Å². The first-order valence-electron chi connectivity index (χ1n) is 6.62. The van der Waals surface area contributed by atoms with E-state index < -0.39 is 0 Å². The van der Waals surface area contributed by atoms with Crippen LogP contribution in [0.3, 0.4) is 0 Å². The maximum Gasteiger partial charge on any atom is 0.122 e. The normalized spacial score (nSPS) is 16.1. The van der Waals surface area contributed by atoms with E-state index in [0.29, 0.717) is 6.04 Å². The van der Waals surface area contributed by atoms with Crippen molar-refractivity contribution >= 4 is 0 Å². The molecular formula is C14H24N2O. The van der Waals surface area contributed by atoms with Gasteiger partial charge in [0.1, 0.15) is 5.76 Å². The lowest BCUT2D eigenvalue weighted by atomic mass is 10.2. The number of nitrogens with one attached hydrogen (secondary N) is 1. The highest BCUT2D eigenvalue weighted by molar-refractivity contribution is 5.16. The van der Waals surface area contributed by atoms with Crippen molar-refractivity contribution in [2.45, 2.75) is 45.8 Å². The summed E-state index contributed by atoms with van der Waals surface area (Å²) in [6, 6.07) is 2.59. The summed E-state index contributed by atoms with van der Waals surface area (Å²) >= 11 is 0. The summed E-state index contributed by atoms with van der Waals surface area (Å²) in [5.74, 6) is 2.05. The predicted octanol–water partition coefficient (Wildman–Crippen LogP) is 2.62. The Kier molecular flexibility index (Phi) is 4.24. The lowest BCUT2D eigenvalue weighted by Gasteiger charge is -2.16. The Balaban J connectivity index is 1.84. The van der Waals surface area contributed by atoms with Gasteiger partial charge in [-0.05, 0) is 31.9 Å². The molecule has 3 heteroatoms. The molecule has 1 fully saturated rings. The number of hydrogen-bond donors (Lipinski definition) is 1. The molecule has 1 aromatic heterocycles. The summed E-state index contributed by atoms with van der Waals surface area (Å²) in [5, 5.41) is 3.44. The Morgan fingerprint density at radius 2 is 2.24 bits per heavy atom. The van der Waals surface area contributed by atoms with Gasteiger partial charge in [0.25, 0.3) is 0 Å². The molecule has 0 aliphatic heterocycles. The van der Waals surface area contributed by atoms with Crippen LogP contribution >= 0.6 is 0 Å². The van der Waals surface area contributed by atoms with Crippen molar-refractivity contribution in [3.05, 3.63) is 23.7 Å². The van der Waals surface area contributed by atoms with Gasteiger partial charge in [0.15, 0.2) is 0 Å². The van der Waals surface area contributed by atoms with E-state index in [1.54, 1.807) is 6.26 Å². The molecule has 1 saturated carbocycles. The summed E-state index contributed by atoms with van der Waals surface area (Å²) < 4.78 is 5.59. The molecule has 0 atom stereocenters. The minimum Gasteiger partial charge on any atom is -0.468 e. The third kappa shape index (κ3) is 4.17. The summed E-state index contributed by atoms with van der Waals surface area (Å²) in [6.07, 6.45) is 4.62. The first-order valence-corrected chi connectivity index (χ1v) is 6.62. The van der Waals surface area contributed by atoms with Crippen LogP contribution in [0.4, 0.5) is 0 Å². The average molecular weight is 236 g/mol. The second-order valence-electron chi connectivity index (χ2n) is 5.54. The molecule has 1 N–H and O–H groups in total. The Morgan fingerprint density at radius 3 is 2.88 bits per heavy atom. The quantitative estimate of drug-likeness (QED) is 0.789. The van der Waals surface area contributed by atoms with Crippen molar-refractivity contribution in [1.82, 2.24) is 10.2 Å². The molecule has 0 saturated heterocycles. The Hall–Kier alpha value is -0.800. The highest BCUT2D eigenvalue weighted by Crippen LogP contribution is 2.29. The zero-order chi connectivity index (χ0) is 12.3. The molecule has 0 unspecified atom stereocenters. The fourth-order valence-electron chi connectivity index (χ4n) is 2.03. The zero-order valence-corrected chi connectivity index (χ0v) is 11.2. The molecule has 2 rings (SSSR count). The number of hydrogen-bond acceptors (Lipinski definition) is 3. The molecule has 1 aromatic rings. The zero-order valence-electron chi connectivity index (χ0n) is 11.2. The highest BCUT2D eigenvalue weighted by atomic mass is 16.3. The van der Waals surface area contributed by atoms with E-state index in [1.165, 1.54) is 24.9 Å². The molecule has 1 heterocycles. The lowest BCUT2D eigenvalue weighted by Crippen LogP contribution is -2.24.